The molecule has 0 aliphatic heterocycles. The molecule has 0 aromatic rings. The number of hydrogen-bond acceptors (Lipinski definition) is 5. The summed E-state index contributed by atoms with van der Waals surface area (Å²) in [5.74, 6) is 0. The van der Waals surface area contributed by atoms with E-state index in [4.69, 9.17) is 18.4 Å². The van der Waals surface area contributed by atoms with Crippen LogP contribution in [0.25, 0.3) is 0 Å². The molecule has 6 heteroatoms. The Labute approximate surface area is 79.6 Å². The van der Waals surface area contributed by atoms with Crippen LogP contribution in [0.1, 0.15) is 6.42 Å². The molecule has 0 aliphatic rings. The highest BCUT2D eigenvalue weighted by molar-refractivity contribution is 7.80. The van der Waals surface area contributed by atoms with E-state index in [-0.39, 0.29) is 0 Å². The maximum Gasteiger partial charge on any atom is 0.500 e. The van der Waals surface area contributed by atoms with Crippen molar-refractivity contribution in [3.8, 4) is 0 Å². The van der Waals surface area contributed by atoms with Gasteiger partial charge in [0.05, 0.1) is 5.44 Å². The molecule has 4 nitrogen and oxygen atoms in total. The standard InChI is InChI=1S/C6H16O4SSi/c1-8-12(9-2,10-3)5-4-6(7)11/h6-7,11H,4-5H2,1-3H3. The molecule has 0 aromatic heterocycles. The molecule has 0 spiro atoms. The summed E-state index contributed by atoms with van der Waals surface area (Å²) >= 11 is 3.84. The third-order valence-corrected chi connectivity index (χ3v) is 4.67. The van der Waals surface area contributed by atoms with Gasteiger partial charge in [-0.3, -0.25) is 0 Å². The Morgan fingerprint density at radius 2 is 1.67 bits per heavy atom. The molecule has 0 saturated carbocycles. The average molecular weight is 212 g/mol. The van der Waals surface area contributed by atoms with Gasteiger partial charge in [0.25, 0.3) is 0 Å². The first kappa shape index (κ1) is 12.4. The zero-order valence-electron chi connectivity index (χ0n) is 7.61. The molecular formula is C6H16O4SSi. The van der Waals surface area contributed by atoms with Crippen molar-refractivity contribution in [2.24, 2.45) is 0 Å². The van der Waals surface area contributed by atoms with E-state index in [1.54, 1.807) is 21.3 Å². The Morgan fingerprint density at radius 1 is 1.25 bits per heavy atom. The fourth-order valence-electron chi connectivity index (χ4n) is 0.862. The van der Waals surface area contributed by atoms with E-state index >= 15 is 0 Å². The lowest BCUT2D eigenvalue weighted by Gasteiger charge is -2.24. The van der Waals surface area contributed by atoms with Gasteiger partial charge in [-0.2, -0.15) is 0 Å². The summed E-state index contributed by atoms with van der Waals surface area (Å²) in [7, 11) is 2.15. The molecule has 0 fully saturated rings. The summed E-state index contributed by atoms with van der Waals surface area (Å²) in [5.41, 5.74) is -0.641. The van der Waals surface area contributed by atoms with Gasteiger partial charge in [-0.25, -0.2) is 0 Å². The zero-order valence-corrected chi connectivity index (χ0v) is 9.51. The van der Waals surface area contributed by atoms with Crippen LogP contribution in [0.4, 0.5) is 0 Å². The minimum atomic E-state index is -2.49. The van der Waals surface area contributed by atoms with Gasteiger partial charge in [0.15, 0.2) is 0 Å². The average Bonchev–Trinajstić information content (AvgIpc) is 2.08. The van der Waals surface area contributed by atoms with Crippen LogP contribution in [0.2, 0.25) is 6.04 Å². The topological polar surface area (TPSA) is 47.9 Å². The quantitative estimate of drug-likeness (QED) is 0.382. The molecule has 0 bridgehead atoms. The van der Waals surface area contributed by atoms with Crippen molar-refractivity contribution in [2.45, 2.75) is 17.9 Å². The molecule has 74 valence electrons. The minimum absolute atomic E-state index is 0.505. The van der Waals surface area contributed by atoms with E-state index in [2.05, 4.69) is 12.6 Å². The van der Waals surface area contributed by atoms with Gasteiger partial charge in [0, 0.05) is 27.4 Å². The molecule has 12 heavy (non-hydrogen) atoms. The highest BCUT2D eigenvalue weighted by atomic mass is 32.1. The summed E-state index contributed by atoms with van der Waals surface area (Å²) in [6.45, 7) is 0. The molecule has 0 rings (SSSR count). The molecule has 1 unspecified atom stereocenters. The van der Waals surface area contributed by atoms with E-state index in [9.17, 15) is 0 Å². The summed E-state index contributed by atoms with van der Waals surface area (Å²) in [6, 6.07) is 0.571. The Morgan fingerprint density at radius 3 is 1.92 bits per heavy atom. The highest BCUT2D eigenvalue weighted by Gasteiger charge is 2.37. The smallest absolute Gasteiger partial charge is 0.383 e. The molecule has 0 radical (unpaired) electrons. The molecule has 1 N–H and O–H groups in total. The third-order valence-electron chi connectivity index (χ3n) is 1.64. The molecule has 0 heterocycles. The Hall–Kier alpha value is 0.407. The van der Waals surface area contributed by atoms with Crippen LogP contribution in [-0.2, 0) is 13.3 Å². The van der Waals surface area contributed by atoms with Crippen molar-refractivity contribution in [1.82, 2.24) is 0 Å². The molecule has 0 saturated heterocycles. The van der Waals surface area contributed by atoms with Gasteiger partial charge in [-0.1, -0.05) is 0 Å². The molecule has 0 aromatic carbocycles. The predicted octanol–water partition coefficient (Wildman–Crippen LogP) is 0.503. The Bertz CT molecular complexity index is 110. The lowest BCUT2D eigenvalue weighted by molar-refractivity contribution is 0.119. The zero-order chi connectivity index (χ0) is 9.61. The van der Waals surface area contributed by atoms with Crippen molar-refractivity contribution < 1.29 is 18.4 Å². The second-order valence-corrected chi connectivity index (χ2v) is 6.00. The Balaban J connectivity index is 3.93. The second kappa shape index (κ2) is 5.95. The van der Waals surface area contributed by atoms with Crippen LogP contribution in [0.15, 0.2) is 0 Å². The molecule has 1 atom stereocenters. The van der Waals surface area contributed by atoms with Gasteiger partial charge < -0.3 is 18.4 Å². The number of thiol groups is 1. The summed E-state index contributed by atoms with van der Waals surface area (Å²) < 4.78 is 15.4. The summed E-state index contributed by atoms with van der Waals surface area (Å²) in [5, 5.41) is 8.92. The van der Waals surface area contributed by atoms with Crippen LogP contribution in [0.3, 0.4) is 0 Å². The minimum Gasteiger partial charge on any atom is -0.383 e. The monoisotopic (exact) mass is 212 g/mol. The van der Waals surface area contributed by atoms with Crippen molar-refractivity contribution >= 4 is 21.4 Å². The van der Waals surface area contributed by atoms with Crippen molar-refractivity contribution in [1.29, 1.82) is 0 Å². The lowest BCUT2D eigenvalue weighted by Crippen LogP contribution is -2.43. The van der Waals surface area contributed by atoms with Gasteiger partial charge in [-0.05, 0) is 6.42 Å². The number of aliphatic hydroxyl groups is 1. The number of hydrogen-bond donors (Lipinski definition) is 2. The molecular weight excluding hydrogens is 196 g/mol. The first-order chi connectivity index (χ1) is 5.60. The van der Waals surface area contributed by atoms with Crippen LogP contribution >= 0.6 is 12.6 Å². The Kier molecular flexibility index (Phi) is 6.15. The maximum atomic E-state index is 8.92. The third kappa shape index (κ3) is 3.88. The van der Waals surface area contributed by atoms with Crippen LogP contribution < -0.4 is 0 Å². The second-order valence-electron chi connectivity index (χ2n) is 2.31. The fraction of sp³-hybridized carbons (Fsp3) is 1.00. The summed E-state index contributed by atoms with van der Waals surface area (Å²) in [6.07, 6.45) is 0.505. The van der Waals surface area contributed by atoms with Crippen LogP contribution in [0, 0.1) is 0 Å². The van der Waals surface area contributed by atoms with Gasteiger partial charge >= 0.3 is 8.80 Å². The van der Waals surface area contributed by atoms with E-state index in [1.807, 2.05) is 0 Å². The van der Waals surface area contributed by atoms with Gasteiger partial charge in [0.2, 0.25) is 0 Å². The molecule has 0 amide bonds. The van der Waals surface area contributed by atoms with E-state index in [0.717, 1.165) is 0 Å². The largest absolute Gasteiger partial charge is 0.500 e. The van der Waals surface area contributed by atoms with Crippen molar-refractivity contribution in [3.05, 3.63) is 0 Å². The first-order valence-electron chi connectivity index (χ1n) is 3.62. The van der Waals surface area contributed by atoms with E-state index in [0.29, 0.717) is 12.5 Å². The van der Waals surface area contributed by atoms with Crippen LogP contribution in [-0.4, -0.2) is 40.7 Å². The molecule has 0 aliphatic carbocycles. The number of rotatable bonds is 6. The van der Waals surface area contributed by atoms with Gasteiger partial charge in [0.1, 0.15) is 0 Å². The fourth-order valence-corrected chi connectivity index (χ4v) is 2.97. The summed E-state index contributed by atoms with van der Waals surface area (Å²) in [4.78, 5) is 0. The predicted molar refractivity (Wildman–Crippen MR) is 51.2 cm³/mol. The first-order valence-corrected chi connectivity index (χ1v) is 6.06. The van der Waals surface area contributed by atoms with E-state index in [1.165, 1.54) is 0 Å². The van der Waals surface area contributed by atoms with Gasteiger partial charge in [-0.15, -0.1) is 12.6 Å². The SMILES string of the molecule is CO[Si](CCC(O)S)(OC)OC. The van der Waals surface area contributed by atoms with Crippen LogP contribution in [0.5, 0.6) is 0 Å². The van der Waals surface area contributed by atoms with Crippen molar-refractivity contribution in [3.63, 3.8) is 0 Å². The van der Waals surface area contributed by atoms with E-state index < -0.39 is 14.2 Å². The lowest BCUT2D eigenvalue weighted by atomic mass is 10.5. The normalized spacial score (nSPS) is 14.8. The number of aliphatic hydroxyl groups excluding tert-OH is 1. The maximum absolute atomic E-state index is 8.92. The highest BCUT2D eigenvalue weighted by Crippen LogP contribution is 2.17. The van der Waals surface area contributed by atoms with Crippen molar-refractivity contribution in [2.75, 3.05) is 21.3 Å².